The van der Waals surface area contributed by atoms with E-state index in [2.05, 4.69) is 37.3 Å². The second kappa shape index (κ2) is 1.76. The summed E-state index contributed by atoms with van der Waals surface area (Å²) in [6, 6.07) is 11.0. The molecule has 0 radical (unpaired) electrons. The van der Waals surface area contributed by atoms with Crippen LogP contribution in [0.2, 0.25) is 0 Å². The first kappa shape index (κ1) is 6.71. The third-order valence-corrected chi connectivity index (χ3v) is 3.68. The number of hydrogen-bond donors (Lipinski definition) is 0. The molecule has 0 atom stereocenters. The van der Waals surface area contributed by atoms with Crippen molar-refractivity contribution >= 4 is 0 Å². The van der Waals surface area contributed by atoms with Crippen LogP contribution >= 0.6 is 0 Å². The van der Waals surface area contributed by atoms with Crippen LogP contribution in [-0.4, -0.2) is 0 Å². The van der Waals surface area contributed by atoms with E-state index in [4.69, 9.17) is 0 Å². The van der Waals surface area contributed by atoms with Gasteiger partial charge in [-0.3, -0.25) is 0 Å². The smallest absolute Gasteiger partial charge is 0.00314 e. The lowest BCUT2D eigenvalue weighted by molar-refractivity contribution is -0.125. The Kier molecular flexibility index (Phi) is 0.983. The Bertz CT molecular complexity index is 290. The molecule has 0 heterocycles. The lowest BCUT2D eigenvalue weighted by Crippen LogP contribution is -2.62. The summed E-state index contributed by atoms with van der Waals surface area (Å²) >= 11 is 0. The Morgan fingerprint density at radius 3 is 2.08 bits per heavy atom. The van der Waals surface area contributed by atoms with E-state index in [0.717, 1.165) is 5.41 Å². The first-order valence-electron chi connectivity index (χ1n) is 4.78. The van der Waals surface area contributed by atoms with Crippen molar-refractivity contribution in [3.63, 3.8) is 0 Å². The van der Waals surface area contributed by atoms with E-state index in [1.807, 2.05) is 0 Å². The molecule has 3 saturated carbocycles. The van der Waals surface area contributed by atoms with Gasteiger partial charge in [0.1, 0.15) is 0 Å². The van der Waals surface area contributed by atoms with Crippen molar-refractivity contribution in [1.29, 1.82) is 0 Å². The van der Waals surface area contributed by atoms with Gasteiger partial charge < -0.3 is 0 Å². The second-order valence-corrected chi connectivity index (χ2v) is 4.99. The molecule has 0 N–H and O–H groups in total. The molecule has 0 aromatic heterocycles. The summed E-state index contributed by atoms with van der Waals surface area (Å²) < 4.78 is 0. The van der Waals surface area contributed by atoms with Crippen LogP contribution in [0.15, 0.2) is 30.3 Å². The molecule has 0 amide bonds. The second-order valence-electron chi connectivity index (χ2n) is 4.99. The van der Waals surface area contributed by atoms with E-state index in [-0.39, 0.29) is 0 Å². The number of hydrogen-bond acceptors (Lipinski definition) is 0. The molecular weight excluding hydrogens is 144 g/mol. The zero-order chi connectivity index (χ0) is 8.23. The van der Waals surface area contributed by atoms with Gasteiger partial charge in [-0.2, -0.15) is 0 Å². The van der Waals surface area contributed by atoms with Crippen molar-refractivity contribution in [3.05, 3.63) is 35.9 Å². The Labute approximate surface area is 73.6 Å². The molecule has 3 fully saturated rings. The minimum atomic E-state index is 0.621. The zero-order valence-corrected chi connectivity index (χ0v) is 7.51. The summed E-state index contributed by atoms with van der Waals surface area (Å²) in [5.74, 6) is 0. The van der Waals surface area contributed by atoms with Crippen molar-refractivity contribution in [3.8, 4) is 0 Å². The lowest BCUT2D eigenvalue weighted by Gasteiger charge is -2.70. The Hall–Kier alpha value is -0.780. The van der Waals surface area contributed by atoms with E-state index in [9.17, 15) is 0 Å². The summed E-state index contributed by atoms with van der Waals surface area (Å²) in [5, 5.41) is 0. The van der Waals surface area contributed by atoms with E-state index in [1.165, 1.54) is 19.3 Å². The van der Waals surface area contributed by atoms with Gasteiger partial charge in [0, 0.05) is 0 Å². The van der Waals surface area contributed by atoms with E-state index < -0.39 is 0 Å². The Balaban J connectivity index is 1.94. The molecule has 3 aliphatic carbocycles. The molecule has 0 spiro atoms. The maximum absolute atomic E-state index is 2.41. The summed E-state index contributed by atoms with van der Waals surface area (Å²) in [5.41, 5.74) is 2.93. The van der Waals surface area contributed by atoms with Gasteiger partial charge >= 0.3 is 0 Å². The maximum Gasteiger partial charge on any atom is -0.00314 e. The highest BCUT2D eigenvalue weighted by Crippen LogP contribution is 2.73. The van der Waals surface area contributed by atoms with Crippen molar-refractivity contribution < 1.29 is 0 Å². The summed E-state index contributed by atoms with van der Waals surface area (Å²) in [4.78, 5) is 0. The molecular formula is C12H14. The van der Waals surface area contributed by atoms with Crippen molar-refractivity contribution in [2.75, 3.05) is 0 Å². The topological polar surface area (TPSA) is 0 Å². The summed E-state index contributed by atoms with van der Waals surface area (Å²) in [7, 11) is 0. The molecule has 4 rings (SSSR count). The molecule has 1 aromatic carbocycles. The van der Waals surface area contributed by atoms with Crippen molar-refractivity contribution in [2.45, 2.75) is 31.6 Å². The van der Waals surface area contributed by atoms with Gasteiger partial charge in [-0.15, -0.1) is 0 Å². The third kappa shape index (κ3) is 0.639. The van der Waals surface area contributed by atoms with Crippen LogP contribution in [0, 0.1) is 5.41 Å². The summed E-state index contributed by atoms with van der Waals surface area (Å²) in [6.07, 6.45) is 4.30. The molecule has 62 valence electrons. The van der Waals surface area contributed by atoms with Gasteiger partial charge in [-0.05, 0) is 35.7 Å². The minimum absolute atomic E-state index is 0.621. The molecule has 0 unspecified atom stereocenters. The van der Waals surface area contributed by atoms with E-state index in [1.54, 1.807) is 5.56 Å². The molecule has 2 bridgehead atoms. The fraction of sp³-hybridized carbons (Fsp3) is 0.500. The monoisotopic (exact) mass is 158 g/mol. The first-order valence-corrected chi connectivity index (χ1v) is 4.78. The van der Waals surface area contributed by atoms with Gasteiger partial charge in [0.25, 0.3) is 0 Å². The van der Waals surface area contributed by atoms with Crippen LogP contribution in [0.4, 0.5) is 0 Å². The van der Waals surface area contributed by atoms with Gasteiger partial charge in [0.2, 0.25) is 0 Å². The average Bonchev–Trinajstić information content (AvgIpc) is 1.99. The van der Waals surface area contributed by atoms with Crippen LogP contribution in [0.25, 0.3) is 0 Å². The Morgan fingerprint density at radius 1 is 1.00 bits per heavy atom. The van der Waals surface area contributed by atoms with Crippen molar-refractivity contribution in [2.24, 2.45) is 5.41 Å². The molecule has 0 heteroatoms. The average molecular weight is 158 g/mol. The van der Waals surface area contributed by atoms with Crippen LogP contribution < -0.4 is 0 Å². The standard InChI is InChI=1S/C12H14/c1-11-7-12(8-11,9-11)10-5-3-2-4-6-10/h2-6H,7-9H2,1H3. The quantitative estimate of drug-likeness (QED) is 0.589. The van der Waals surface area contributed by atoms with Crippen LogP contribution in [0.1, 0.15) is 31.7 Å². The lowest BCUT2D eigenvalue weighted by atomic mass is 9.34. The molecule has 1 aromatic rings. The first-order chi connectivity index (χ1) is 5.73. The normalized spacial score (nSPS) is 43.1. The fourth-order valence-electron chi connectivity index (χ4n) is 3.39. The molecule has 3 aliphatic rings. The minimum Gasteiger partial charge on any atom is -0.0622 e. The van der Waals surface area contributed by atoms with E-state index >= 15 is 0 Å². The van der Waals surface area contributed by atoms with E-state index in [0.29, 0.717) is 5.41 Å². The highest BCUT2D eigenvalue weighted by atomic mass is 14.7. The van der Waals surface area contributed by atoms with Crippen molar-refractivity contribution in [1.82, 2.24) is 0 Å². The number of benzene rings is 1. The van der Waals surface area contributed by atoms with Gasteiger partial charge in [-0.25, -0.2) is 0 Å². The predicted molar refractivity (Wildman–Crippen MR) is 50.1 cm³/mol. The molecule has 0 nitrogen and oxygen atoms in total. The fourth-order valence-corrected chi connectivity index (χ4v) is 3.39. The zero-order valence-electron chi connectivity index (χ0n) is 7.51. The van der Waals surface area contributed by atoms with Crippen LogP contribution in [-0.2, 0) is 5.41 Å². The van der Waals surface area contributed by atoms with Gasteiger partial charge in [0.15, 0.2) is 0 Å². The SMILES string of the molecule is CC12CC(c3ccccc3)(C1)C2. The molecule has 12 heavy (non-hydrogen) atoms. The third-order valence-electron chi connectivity index (χ3n) is 3.68. The van der Waals surface area contributed by atoms with Gasteiger partial charge in [0.05, 0.1) is 0 Å². The predicted octanol–water partition coefficient (Wildman–Crippen LogP) is 3.13. The largest absolute Gasteiger partial charge is 0.0622 e. The molecule has 0 aliphatic heterocycles. The number of rotatable bonds is 1. The Morgan fingerprint density at radius 2 is 1.58 bits per heavy atom. The maximum atomic E-state index is 2.41. The van der Waals surface area contributed by atoms with Gasteiger partial charge in [-0.1, -0.05) is 37.3 Å². The molecule has 0 saturated heterocycles. The highest BCUT2D eigenvalue weighted by molar-refractivity contribution is 5.37. The highest BCUT2D eigenvalue weighted by Gasteiger charge is 2.65. The summed E-state index contributed by atoms with van der Waals surface area (Å²) in [6.45, 7) is 2.41. The van der Waals surface area contributed by atoms with Crippen LogP contribution in [0.5, 0.6) is 0 Å². The van der Waals surface area contributed by atoms with Crippen LogP contribution in [0.3, 0.4) is 0 Å².